The highest BCUT2D eigenvalue weighted by Crippen LogP contribution is 2.06. The Morgan fingerprint density at radius 2 is 2.57 bits per heavy atom. The minimum Gasteiger partial charge on any atom is -0.388 e. The summed E-state index contributed by atoms with van der Waals surface area (Å²) in [6.07, 6.45) is -0.634. The third-order valence-electron chi connectivity index (χ3n) is 1.96. The normalized spacial score (nSPS) is 26.4. The van der Waals surface area contributed by atoms with Crippen LogP contribution in [0, 0.1) is 0 Å². The van der Waals surface area contributed by atoms with Crippen LogP contribution in [0.2, 0.25) is 0 Å². The van der Waals surface area contributed by atoms with Crippen LogP contribution in [0.25, 0.3) is 0 Å². The van der Waals surface area contributed by atoms with Crippen LogP contribution in [0.15, 0.2) is 5.38 Å². The summed E-state index contributed by atoms with van der Waals surface area (Å²) in [7, 11) is 0. The van der Waals surface area contributed by atoms with Crippen LogP contribution < -0.4 is 5.32 Å². The average Bonchev–Trinajstić information content (AvgIpc) is 2.77. The molecule has 1 saturated heterocycles. The van der Waals surface area contributed by atoms with Crippen LogP contribution in [0.4, 0.5) is 0 Å². The van der Waals surface area contributed by atoms with E-state index in [1.165, 1.54) is 0 Å². The fraction of sp³-hybridized carbons (Fsp3) is 0.571. The molecule has 0 saturated carbocycles. The number of nitrogens with one attached hydrogen (secondary N) is 1. The molecule has 0 spiro atoms. The first-order valence-corrected chi connectivity index (χ1v) is 4.95. The van der Waals surface area contributed by atoms with Crippen LogP contribution in [-0.4, -0.2) is 46.0 Å². The Balaban J connectivity index is 1.95. The monoisotopic (exact) mass is 215 g/mol. The van der Waals surface area contributed by atoms with Crippen LogP contribution >= 0.6 is 11.5 Å². The number of amides is 1. The molecule has 0 aliphatic carbocycles. The van der Waals surface area contributed by atoms with Gasteiger partial charge in [0.2, 0.25) is 0 Å². The second kappa shape index (κ2) is 3.99. The summed E-state index contributed by atoms with van der Waals surface area (Å²) in [5, 5.41) is 17.2. The highest BCUT2D eigenvalue weighted by Gasteiger charge is 2.28. The van der Waals surface area contributed by atoms with Crippen molar-refractivity contribution in [3.05, 3.63) is 11.1 Å². The molecule has 1 aromatic rings. The molecule has 7 heteroatoms. The van der Waals surface area contributed by atoms with E-state index in [0.717, 1.165) is 11.5 Å². The predicted octanol–water partition coefficient (Wildman–Crippen LogP) is -0.972. The quantitative estimate of drug-likeness (QED) is 0.663. The lowest BCUT2D eigenvalue weighted by Crippen LogP contribution is -2.42. The molecule has 0 bridgehead atoms. The zero-order chi connectivity index (χ0) is 9.97. The zero-order valence-electron chi connectivity index (χ0n) is 7.21. The highest BCUT2D eigenvalue weighted by molar-refractivity contribution is 7.03. The minimum absolute atomic E-state index is 0.264. The second-order valence-corrected chi connectivity index (χ2v) is 3.58. The maximum Gasteiger partial charge on any atom is 0.273 e. The molecule has 6 nitrogen and oxygen atoms in total. The van der Waals surface area contributed by atoms with Crippen LogP contribution in [-0.2, 0) is 4.74 Å². The van der Waals surface area contributed by atoms with Crippen molar-refractivity contribution in [2.75, 3.05) is 13.2 Å². The van der Waals surface area contributed by atoms with Gasteiger partial charge in [-0.05, 0) is 11.5 Å². The summed E-state index contributed by atoms with van der Waals surface area (Å²) in [6, 6.07) is -0.343. The summed E-state index contributed by atoms with van der Waals surface area (Å²) in [4.78, 5) is 11.4. The number of aliphatic hydroxyl groups is 1. The number of hydrogen-bond acceptors (Lipinski definition) is 6. The lowest BCUT2D eigenvalue weighted by molar-refractivity contribution is 0.0881. The fourth-order valence-corrected chi connectivity index (χ4v) is 1.62. The van der Waals surface area contributed by atoms with E-state index in [1.807, 2.05) is 0 Å². The van der Waals surface area contributed by atoms with Gasteiger partial charge in [0, 0.05) is 5.38 Å². The first-order chi connectivity index (χ1) is 6.77. The van der Waals surface area contributed by atoms with Crippen molar-refractivity contribution in [2.45, 2.75) is 12.1 Å². The average molecular weight is 215 g/mol. The Bertz CT molecular complexity index is 316. The first-order valence-electron chi connectivity index (χ1n) is 4.11. The molecule has 0 radical (unpaired) electrons. The molecule has 2 heterocycles. The van der Waals surface area contributed by atoms with Crippen molar-refractivity contribution in [2.24, 2.45) is 0 Å². The Morgan fingerprint density at radius 3 is 3.14 bits per heavy atom. The molecule has 0 aromatic carbocycles. The Morgan fingerprint density at radius 1 is 1.71 bits per heavy atom. The molecular weight excluding hydrogens is 206 g/mol. The van der Waals surface area contributed by atoms with Gasteiger partial charge in [-0.1, -0.05) is 4.49 Å². The molecule has 76 valence electrons. The number of ether oxygens (including phenoxy) is 1. The second-order valence-electron chi connectivity index (χ2n) is 2.97. The Hall–Kier alpha value is -1.05. The number of nitrogens with zero attached hydrogens (tertiary/aromatic N) is 2. The molecular formula is C7H9N3O3S. The summed E-state index contributed by atoms with van der Waals surface area (Å²) < 4.78 is 8.56. The van der Waals surface area contributed by atoms with E-state index in [0.29, 0.717) is 6.61 Å². The molecule has 2 rings (SSSR count). The number of aromatic nitrogens is 2. The molecule has 2 N–H and O–H groups in total. The molecule has 1 aliphatic rings. The molecule has 1 amide bonds. The lowest BCUT2D eigenvalue weighted by atomic mass is 10.2. The van der Waals surface area contributed by atoms with Crippen molar-refractivity contribution in [1.82, 2.24) is 14.9 Å². The van der Waals surface area contributed by atoms with Crippen LogP contribution in [0.1, 0.15) is 10.5 Å². The summed E-state index contributed by atoms with van der Waals surface area (Å²) in [5.74, 6) is -0.326. The van der Waals surface area contributed by atoms with Gasteiger partial charge >= 0.3 is 0 Å². The Kier molecular flexibility index (Phi) is 2.71. The van der Waals surface area contributed by atoms with E-state index in [9.17, 15) is 9.90 Å². The largest absolute Gasteiger partial charge is 0.388 e. The van der Waals surface area contributed by atoms with E-state index in [2.05, 4.69) is 14.9 Å². The van der Waals surface area contributed by atoms with E-state index < -0.39 is 6.10 Å². The van der Waals surface area contributed by atoms with Crippen molar-refractivity contribution >= 4 is 17.4 Å². The molecule has 2 atom stereocenters. The molecule has 1 aromatic heterocycles. The van der Waals surface area contributed by atoms with Gasteiger partial charge in [0.15, 0.2) is 5.69 Å². The van der Waals surface area contributed by atoms with Gasteiger partial charge < -0.3 is 15.2 Å². The third kappa shape index (κ3) is 1.89. The smallest absolute Gasteiger partial charge is 0.273 e. The van der Waals surface area contributed by atoms with Gasteiger partial charge in [0.05, 0.1) is 25.4 Å². The van der Waals surface area contributed by atoms with Crippen LogP contribution in [0.3, 0.4) is 0 Å². The molecule has 14 heavy (non-hydrogen) atoms. The number of carbonyl (C=O) groups excluding carboxylic acids is 1. The van der Waals surface area contributed by atoms with Crippen LogP contribution in [0.5, 0.6) is 0 Å². The minimum atomic E-state index is -0.634. The number of rotatable bonds is 2. The van der Waals surface area contributed by atoms with Gasteiger partial charge in [-0.2, -0.15) is 0 Å². The van der Waals surface area contributed by atoms with E-state index in [-0.39, 0.29) is 24.2 Å². The number of aliphatic hydroxyl groups excluding tert-OH is 1. The summed E-state index contributed by atoms with van der Waals surface area (Å²) in [5.41, 5.74) is 0.272. The fourth-order valence-electron chi connectivity index (χ4n) is 1.19. The van der Waals surface area contributed by atoms with Crippen molar-refractivity contribution in [1.29, 1.82) is 0 Å². The highest BCUT2D eigenvalue weighted by atomic mass is 32.1. The maximum absolute atomic E-state index is 11.4. The van der Waals surface area contributed by atoms with Gasteiger partial charge in [0.1, 0.15) is 0 Å². The van der Waals surface area contributed by atoms with Gasteiger partial charge in [0.25, 0.3) is 5.91 Å². The topological polar surface area (TPSA) is 84.3 Å². The SMILES string of the molecule is O=C(NC1COCC1O)c1csnn1. The number of hydrogen-bond donors (Lipinski definition) is 2. The third-order valence-corrected chi connectivity index (χ3v) is 2.46. The van der Waals surface area contributed by atoms with E-state index in [1.54, 1.807) is 5.38 Å². The summed E-state index contributed by atoms with van der Waals surface area (Å²) in [6.45, 7) is 0.602. The maximum atomic E-state index is 11.4. The Labute approximate surface area is 84.1 Å². The van der Waals surface area contributed by atoms with Gasteiger partial charge in [-0.15, -0.1) is 5.10 Å². The number of carbonyl (C=O) groups is 1. The van der Waals surface area contributed by atoms with Crippen molar-refractivity contribution in [3.8, 4) is 0 Å². The predicted molar refractivity (Wildman–Crippen MR) is 48.0 cm³/mol. The zero-order valence-corrected chi connectivity index (χ0v) is 8.03. The van der Waals surface area contributed by atoms with Crippen molar-refractivity contribution < 1.29 is 14.6 Å². The molecule has 1 fully saturated rings. The van der Waals surface area contributed by atoms with E-state index >= 15 is 0 Å². The first kappa shape index (κ1) is 9.50. The standard InChI is InChI=1S/C7H9N3O3S/c11-6-2-13-1-4(6)8-7(12)5-3-14-10-9-5/h3-4,6,11H,1-2H2,(H,8,12). The van der Waals surface area contributed by atoms with Gasteiger partial charge in [-0.3, -0.25) is 4.79 Å². The van der Waals surface area contributed by atoms with Gasteiger partial charge in [-0.25, -0.2) is 0 Å². The lowest BCUT2D eigenvalue weighted by Gasteiger charge is -2.12. The van der Waals surface area contributed by atoms with Crippen molar-refractivity contribution in [3.63, 3.8) is 0 Å². The molecule has 1 aliphatic heterocycles. The van der Waals surface area contributed by atoms with E-state index in [4.69, 9.17) is 4.74 Å². The summed E-state index contributed by atoms with van der Waals surface area (Å²) >= 11 is 1.11. The molecule has 2 unspecified atom stereocenters.